The van der Waals surface area contributed by atoms with Gasteiger partial charge in [0.2, 0.25) is 5.91 Å². The second-order valence-corrected chi connectivity index (χ2v) is 7.09. The van der Waals surface area contributed by atoms with Gasteiger partial charge in [-0.05, 0) is 40.8 Å². The number of nitrogens with zero attached hydrogens (tertiary/aromatic N) is 4. The zero-order chi connectivity index (χ0) is 18.4. The van der Waals surface area contributed by atoms with Crippen molar-refractivity contribution in [2.45, 2.75) is 58.2 Å². The molecule has 148 valence electrons. The summed E-state index contributed by atoms with van der Waals surface area (Å²) in [6.45, 7) is 5.42. The van der Waals surface area contributed by atoms with Crippen molar-refractivity contribution in [3.63, 3.8) is 0 Å². The summed E-state index contributed by atoms with van der Waals surface area (Å²) in [7, 11) is 4.18. The molecule has 1 aliphatic rings. The van der Waals surface area contributed by atoms with Crippen LogP contribution >= 0.6 is 12.4 Å². The van der Waals surface area contributed by atoms with Crippen LogP contribution < -0.4 is 0 Å². The first kappa shape index (κ1) is 22.4. The van der Waals surface area contributed by atoms with Crippen molar-refractivity contribution in [3.05, 3.63) is 18.2 Å². The number of aromatic nitrogens is 2. The maximum atomic E-state index is 12.4. The van der Waals surface area contributed by atoms with Gasteiger partial charge in [0, 0.05) is 44.4 Å². The number of hydrogen-bond donors (Lipinski definition) is 0. The number of ether oxygens (including phenoxy) is 1. The molecule has 1 saturated heterocycles. The van der Waals surface area contributed by atoms with E-state index in [2.05, 4.69) is 24.0 Å². The van der Waals surface area contributed by atoms with Gasteiger partial charge in [-0.2, -0.15) is 0 Å². The molecule has 1 amide bonds. The van der Waals surface area contributed by atoms with Gasteiger partial charge in [-0.1, -0.05) is 0 Å². The van der Waals surface area contributed by atoms with Gasteiger partial charge >= 0.3 is 5.97 Å². The van der Waals surface area contributed by atoms with E-state index in [1.54, 1.807) is 17.0 Å². The van der Waals surface area contributed by atoms with Crippen molar-refractivity contribution in [2.24, 2.45) is 0 Å². The van der Waals surface area contributed by atoms with Crippen LogP contribution in [-0.4, -0.2) is 70.6 Å². The van der Waals surface area contributed by atoms with Gasteiger partial charge in [0.1, 0.15) is 12.4 Å². The standard InChI is InChI=1S/C18H30N4O3.ClH/c1-14(2)25-18(24)13-22-12-9-19-16(22)5-6-17(23)21-10-7-15(8-11-21)20(3)4;/h9,12,14-15H,5-8,10-11,13H2,1-4H3;1H. The highest BCUT2D eigenvalue weighted by molar-refractivity contribution is 5.85. The predicted molar refractivity (Wildman–Crippen MR) is 102 cm³/mol. The number of imidazole rings is 1. The van der Waals surface area contributed by atoms with Crippen LogP contribution in [0.5, 0.6) is 0 Å². The number of likely N-dealkylation sites (tertiary alicyclic amines) is 1. The average Bonchev–Trinajstić information content (AvgIpc) is 2.98. The molecule has 0 atom stereocenters. The molecule has 0 saturated carbocycles. The fraction of sp³-hybridized carbons (Fsp3) is 0.722. The molecule has 0 bridgehead atoms. The van der Waals surface area contributed by atoms with E-state index in [1.807, 2.05) is 18.7 Å². The summed E-state index contributed by atoms with van der Waals surface area (Å²) in [6.07, 6.45) is 6.28. The van der Waals surface area contributed by atoms with Crippen LogP contribution in [-0.2, 0) is 27.3 Å². The Hall–Kier alpha value is -1.60. The Morgan fingerprint density at radius 2 is 1.96 bits per heavy atom. The van der Waals surface area contributed by atoms with E-state index in [9.17, 15) is 9.59 Å². The maximum Gasteiger partial charge on any atom is 0.326 e. The van der Waals surface area contributed by atoms with Gasteiger partial charge in [-0.25, -0.2) is 4.98 Å². The highest BCUT2D eigenvalue weighted by Gasteiger charge is 2.24. The second kappa shape index (κ2) is 10.5. The molecule has 26 heavy (non-hydrogen) atoms. The lowest BCUT2D eigenvalue weighted by atomic mass is 10.0. The van der Waals surface area contributed by atoms with Crippen LogP contribution in [0.2, 0.25) is 0 Å². The van der Waals surface area contributed by atoms with E-state index in [1.165, 1.54) is 0 Å². The van der Waals surface area contributed by atoms with Crippen molar-refractivity contribution >= 4 is 24.3 Å². The molecule has 0 N–H and O–H groups in total. The third kappa shape index (κ3) is 6.61. The van der Waals surface area contributed by atoms with Crippen molar-refractivity contribution in [2.75, 3.05) is 27.2 Å². The number of rotatable bonds is 7. The SMILES string of the molecule is CC(C)OC(=O)Cn1ccnc1CCC(=O)N1CCC(N(C)C)CC1.Cl. The van der Waals surface area contributed by atoms with E-state index < -0.39 is 0 Å². The van der Waals surface area contributed by atoms with Crippen molar-refractivity contribution in [1.82, 2.24) is 19.4 Å². The lowest BCUT2D eigenvalue weighted by Crippen LogP contribution is -2.44. The summed E-state index contributed by atoms with van der Waals surface area (Å²) in [5.41, 5.74) is 0. The smallest absolute Gasteiger partial charge is 0.326 e. The largest absolute Gasteiger partial charge is 0.462 e. The van der Waals surface area contributed by atoms with Gasteiger partial charge in [0.05, 0.1) is 6.10 Å². The average molecular weight is 387 g/mol. The molecule has 1 aromatic heterocycles. The van der Waals surface area contributed by atoms with E-state index in [0.29, 0.717) is 18.9 Å². The summed E-state index contributed by atoms with van der Waals surface area (Å²) < 4.78 is 6.92. The zero-order valence-corrected chi connectivity index (χ0v) is 17.0. The number of carbonyl (C=O) groups excluding carboxylic acids is 2. The molecule has 0 aliphatic carbocycles. The lowest BCUT2D eigenvalue weighted by molar-refractivity contribution is -0.148. The van der Waals surface area contributed by atoms with Gasteiger partial charge in [-0.3, -0.25) is 9.59 Å². The fourth-order valence-electron chi connectivity index (χ4n) is 3.16. The van der Waals surface area contributed by atoms with Gasteiger partial charge < -0.3 is 19.1 Å². The van der Waals surface area contributed by atoms with Crippen LogP contribution in [0.4, 0.5) is 0 Å². The first-order valence-corrected chi connectivity index (χ1v) is 9.00. The summed E-state index contributed by atoms with van der Waals surface area (Å²) in [5, 5.41) is 0. The van der Waals surface area contributed by atoms with Crippen molar-refractivity contribution in [3.8, 4) is 0 Å². The number of carbonyl (C=O) groups is 2. The topological polar surface area (TPSA) is 67.7 Å². The van der Waals surface area contributed by atoms with Crippen molar-refractivity contribution in [1.29, 1.82) is 0 Å². The number of halogens is 1. The van der Waals surface area contributed by atoms with Gasteiger partial charge in [0.25, 0.3) is 0 Å². The van der Waals surface area contributed by atoms with E-state index in [4.69, 9.17) is 4.74 Å². The molecule has 2 heterocycles. The minimum atomic E-state index is -0.286. The molecule has 1 aromatic rings. The summed E-state index contributed by atoms with van der Waals surface area (Å²) in [6, 6.07) is 0.565. The third-order valence-electron chi connectivity index (χ3n) is 4.58. The number of amides is 1. The summed E-state index contributed by atoms with van der Waals surface area (Å²) >= 11 is 0. The number of aryl methyl sites for hydroxylation is 1. The van der Waals surface area contributed by atoms with Crippen LogP contribution in [0.3, 0.4) is 0 Å². The zero-order valence-electron chi connectivity index (χ0n) is 16.2. The molecular weight excluding hydrogens is 356 g/mol. The Kier molecular flexibility index (Phi) is 9.08. The van der Waals surface area contributed by atoms with Crippen molar-refractivity contribution < 1.29 is 14.3 Å². The highest BCUT2D eigenvalue weighted by Crippen LogP contribution is 2.15. The Morgan fingerprint density at radius 3 is 2.54 bits per heavy atom. The van der Waals surface area contributed by atoms with E-state index in [-0.39, 0.29) is 36.9 Å². The van der Waals surface area contributed by atoms with Crippen LogP contribution in [0.25, 0.3) is 0 Å². The lowest BCUT2D eigenvalue weighted by Gasteiger charge is -2.35. The molecule has 0 spiro atoms. The molecule has 0 unspecified atom stereocenters. The normalized spacial score (nSPS) is 15.2. The molecule has 0 radical (unpaired) electrons. The first-order chi connectivity index (χ1) is 11.9. The van der Waals surface area contributed by atoms with Crippen LogP contribution in [0.15, 0.2) is 12.4 Å². The predicted octanol–water partition coefficient (Wildman–Crippen LogP) is 1.74. The Bertz CT molecular complexity index is 581. The third-order valence-corrected chi connectivity index (χ3v) is 4.58. The molecule has 7 nitrogen and oxygen atoms in total. The molecule has 8 heteroatoms. The van der Waals surface area contributed by atoms with E-state index in [0.717, 1.165) is 31.8 Å². The molecule has 1 aliphatic heterocycles. The molecular formula is C18H31ClN4O3. The molecule has 0 aromatic carbocycles. The Labute approximate surface area is 162 Å². The molecule has 2 rings (SSSR count). The molecule has 1 fully saturated rings. The second-order valence-electron chi connectivity index (χ2n) is 7.09. The van der Waals surface area contributed by atoms with Crippen LogP contribution in [0, 0.1) is 0 Å². The highest BCUT2D eigenvalue weighted by atomic mass is 35.5. The monoisotopic (exact) mass is 386 g/mol. The Morgan fingerprint density at radius 1 is 1.31 bits per heavy atom. The fourth-order valence-corrected chi connectivity index (χ4v) is 3.16. The summed E-state index contributed by atoms with van der Waals surface area (Å²) in [5.74, 6) is 0.625. The minimum absolute atomic E-state index is 0. The minimum Gasteiger partial charge on any atom is -0.462 e. The number of piperidine rings is 1. The Balaban J connectivity index is 0.00000338. The number of hydrogen-bond acceptors (Lipinski definition) is 5. The van der Waals surface area contributed by atoms with Crippen LogP contribution in [0.1, 0.15) is 38.9 Å². The first-order valence-electron chi connectivity index (χ1n) is 9.00. The van der Waals surface area contributed by atoms with Gasteiger partial charge in [0.15, 0.2) is 0 Å². The van der Waals surface area contributed by atoms with Gasteiger partial charge in [-0.15, -0.1) is 12.4 Å². The maximum absolute atomic E-state index is 12.4. The number of esters is 1. The summed E-state index contributed by atoms with van der Waals surface area (Å²) in [4.78, 5) is 32.7. The van der Waals surface area contributed by atoms with E-state index >= 15 is 0 Å². The quantitative estimate of drug-likeness (QED) is 0.668.